The van der Waals surface area contributed by atoms with E-state index in [1.54, 1.807) is 7.05 Å². The molecule has 1 heterocycles. The predicted molar refractivity (Wildman–Crippen MR) is 110 cm³/mol. The molecular weight excluding hydrogens is 433 g/mol. The van der Waals surface area contributed by atoms with Crippen LogP contribution in [0.5, 0.6) is 0 Å². The normalized spacial score (nSPS) is 14.5. The van der Waals surface area contributed by atoms with Gasteiger partial charge in [0.2, 0.25) is 5.89 Å². The number of aromatic nitrogens is 2. The highest BCUT2D eigenvalue weighted by atomic mass is 127. The molecule has 0 aromatic carbocycles. The molecule has 1 aliphatic rings. The first-order valence-corrected chi connectivity index (χ1v) is 9.03. The van der Waals surface area contributed by atoms with E-state index in [2.05, 4.69) is 39.6 Å². The van der Waals surface area contributed by atoms with Gasteiger partial charge in [-0.3, -0.25) is 4.99 Å². The zero-order chi connectivity index (χ0) is 17.2. The van der Waals surface area contributed by atoms with Crippen molar-refractivity contribution in [1.82, 2.24) is 20.8 Å². The first kappa shape index (κ1) is 22.1. The molecule has 1 saturated carbocycles. The Morgan fingerprint density at radius 1 is 1.28 bits per heavy atom. The Morgan fingerprint density at radius 3 is 2.60 bits per heavy atom. The fourth-order valence-corrected chi connectivity index (χ4v) is 2.19. The molecule has 0 atom stereocenters. The van der Waals surface area contributed by atoms with Crippen LogP contribution >= 0.6 is 24.0 Å². The number of hydrogen-bond acceptors (Lipinski definition) is 5. The standard InChI is InChI=1S/C17H31N5O2.HI/c1-13(2)16-21-15(24-22-16)6-4-9-19-17(18-3)20-10-5-11-23-12-14-7-8-14;/h13-14H,4-12H2,1-3H3,(H2,18,19,20);1H. The first-order chi connectivity index (χ1) is 11.7. The topological polar surface area (TPSA) is 84.6 Å². The van der Waals surface area contributed by atoms with Crippen LogP contribution < -0.4 is 10.6 Å². The van der Waals surface area contributed by atoms with Gasteiger partial charge >= 0.3 is 0 Å². The van der Waals surface area contributed by atoms with Crippen LogP contribution in [0.25, 0.3) is 0 Å². The summed E-state index contributed by atoms with van der Waals surface area (Å²) < 4.78 is 10.8. The number of ether oxygens (including phenoxy) is 1. The van der Waals surface area contributed by atoms with Gasteiger partial charge in [-0.2, -0.15) is 4.98 Å². The maximum atomic E-state index is 5.62. The summed E-state index contributed by atoms with van der Waals surface area (Å²) in [6.45, 7) is 7.55. The Balaban J connectivity index is 0.00000312. The molecule has 1 aromatic heterocycles. The van der Waals surface area contributed by atoms with Crippen molar-refractivity contribution >= 4 is 29.9 Å². The largest absolute Gasteiger partial charge is 0.381 e. The van der Waals surface area contributed by atoms with Gasteiger partial charge in [-0.1, -0.05) is 19.0 Å². The Morgan fingerprint density at radius 2 is 2.00 bits per heavy atom. The molecule has 1 aromatic rings. The SMILES string of the molecule is CN=C(NCCCOCC1CC1)NCCCc1nc(C(C)C)no1.I. The van der Waals surface area contributed by atoms with E-state index in [-0.39, 0.29) is 24.0 Å². The first-order valence-electron chi connectivity index (χ1n) is 9.03. The van der Waals surface area contributed by atoms with Crippen molar-refractivity contribution in [2.45, 2.75) is 51.9 Å². The Kier molecular flexibility index (Phi) is 11.0. The second-order valence-electron chi connectivity index (χ2n) is 6.60. The second-order valence-corrected chi connectivity index (χ2v) is 6.60. The number of halogens is 1. The number of rotatable bonds is 11. The fourth-order valence-electron chi connectivity index (χ4n) is 2.19. The number of nitrogens with one attached hydrogen (secondary N) is 2. The summed E-state index contributed by atoms with van der Waals surface area (Å²) in [7, 11) is 1.78. The summed E-state index contributed by atoms with van der Waals surface area (Å²) in [5.41, 5.74) is 0. The smallest absolute Gasteiger partial charge is 0.226 e. The van der Waals surface area contributed by atoms with E-state index in [1.165, 1.54) is 12.8 Å². The van der Waals surface area contributed by atoms with Crippen molar-refractivity contribution in [3.8, 4) is 0 Å². The van der Waals surface area contributed by atoms with E-state index in [0.717, 1.165) is 63.3 Å². The van der Waals surface area contributed by atoms with Crippen molar-refractivity contribution in [1.29, 1.82) is 0 Å². The van der Waals surface area contributed by atoms with Crippen LogP contribution in [0.15, 0.2) is 9.52 Å². The monoisotopic (exact) mass is 465 g/mol. The summed E-state index contributed by atoms with van der Waals surface area (Å²) in [6.07, 6.45) is 5.38. The molecule has 2 rings (SSSR count). The number of nitrogens with zero attached hydrogens (tertiary/aromatic N) is 3. The Hall–Kier alpha value is -0.900. The van der Waals surface area contributed by atoms with Gasteiger partial charge in [0, 0.05) is 45.7 Å². The molecular formula is C17H32IN5O2. The lowest BCUT2D eigenvalue weighted by Crippen LogP contribution is -2.38. The molecule has 0 radical (unpaired) electrons. The summed E-state index contributed by atoms with van der Waals surface area (Å²) in [4.78, 5) is 8.59. The summed E-state index contributed by atoms with van der Waals surface area (Å²) in [5, 5.41) is 10.6. The minimum absolute atomic E-state index is 0. The lowest BCUT2D eigenvalue weighted by atomic mass is 10.2. The molecule has 1 fully saturated rings. The zero-order valence-electron chi connectivity index (χ0n) is 15.6. The van der Waals surface area contributed by atoms with Crippen LogP contribution in [0.3, 0.4) is 0 Å². The number of aliphatic imine (C=N–C) groups is 1. The summed E-state index contributed by atoms with van der Waals surface area (Å²) >= 11 is 0. The van der Waals surface area contributed by atoms with Crippen LogP contribution in [0.1, 0.15) is 57.2 Å². The van der Waals surface area contributed by atoms with E-state index in [0.29, 0.717) is 11.8 Å². The predicted octanol–water partition coefficient (Wildman–Crippen LogP) is 2.73. The van der Waals surface area contributed by atoms with Crippen molar-refractivity contribution in [2.24, 2.45) is 10.9 Å². The maximum Gasteiger partial charge on any atom is 0.226 e. The number of guanidine groups is 1. The summed E-state index contributed by atoms with van der Waals surface area (Å²) in [6, 6.07) is 0. The fraction of sp³-hybridized carbons (Fsp3) is 0.824. The Labute approximate surface area is 167 Å². The van der Waals surface area contributed by atoms with E-state index in [9.17, 15) is 0 Å². The molecule has 0 spiro atoms. The highest BCUT2D eigenvalue weighted by Gasteiger charge is 2.20. The van der Waals surface area contributed by atoms with E-state index in [4.69, 9.17) is 9.26 Å². The molecule has 8 heteroatoms. The Bertz CT molecular complexity index is 503. The van der Waals surface area contributed by atoms with Crippen LogP contribution in [-0.4, -0.2) is 49.5 Å². The molecule has 7 nitrogen and oxygen atoms in total. The minimum atomic E-state index is 0. The van der Waals surface area contributed by atoms with E-state index < -0.39 is 0 Å². The van der Waals surface area contributed by atoms with Gasteiger partial charge in [0.1, 0.15) is 0 Å². The van der Waals surface area contributed by atoms with Crippen molar-refractivity contribution < 1.29 is 9.26 Å². The molecule has 0 saturated heterocycles. The van der Waals surface area contributed by atoms with Gasteiger partial charge in [-0.15, -0.1) is 24.0 Å². The lowest BCUT2D eigenvalue weighted by molar-refractivity contribution is 0.123. The third-order valence-corrected chi connectivity index (χ3v) is 3.89. The third-order valence-electron chi connectivity index (χ3n) is 3.89. The molecule has 0 amide bonds. The average Bonchev–Trinajstić information content (AvgIpc) is 3.27. The highest BCUT2D eigenvalue weighted by Crippen LogP contribution is 2.28. The van der Waals surface area contributed by atoms with Crippen LogP contribution in [0, 0.1) is 5.92 Å². The molecule has 0 bridgehead atoms. The minimum Gasteiger partial charge on any atom is -0.381 e. The molecule has 144 valence electrons. The second kappa shape index (κ2) is 12.5. The van der Waals surface area contributed by atoms with Gasteiger partial charge in [-0.05, 0) is 31.6 Å². The highest BCUT2D eigenvalue weighted by molar-refractivity contribution is 14.0. The van der Waals surface area contributed by atoms with E-state index in [1.807, 2.05) is 0 Å². The third kappa shape index (κ3) is 9.39. The van der Waals surface area contributed by atoms with Gasteiger partial charge in [0.15, 0.2) is 11.8 Å². The lowest BCUT2D eigenvalue weighted by Gasteiger charge is -2.11. The maximum absolute atomic E-state index is 5.62. The zero-order valence-corrected chi connectivity index (χ0v) is 17.9. The van der Waals surface area contributed by atoms with Crippen LogP contribution in [-0.2, 0) is 11.2 Å². The quantitative estimate of drug-likeness (QED) is 0.226. The van der Waals surface area contributed by atoms with Gasteiger partial charge in [0.25, 0.3) is 0 Å². The van der Waals surface area contributed by atoms with Crippen molar-refractivity contribution in [3.05, 3.63) is 11.7 Å². The van der Waals surface area contributed by atoms with E-state index >= 15 is 0 Å². The molecule has 25 heavy (non-hydrogen) atoms. The van der Waals surface area contributed by atoms with Crippen molar-refractivity contribution in [2.75, 3.05) is 33.4 Å². The molecule has 2 N–H and O–H groups in total. The average molecular weight is 465 g/mol. The van der Waals surface area contributed by atoms with Crippen LogP contribution in [0.4, 0.5) is 0 Å². The van der Waals surface area contributed by atoms with Crippen LogP contribution in [0.2, 0.25) is 0 Å². The number of aryl methyl sites for hydroxylation is 1. The molecule has 0 aliphatic heterocycles. The number of hydrogen-bond donors (Lipinski definition) is 2. The van der Waals surface area contributed by atoms with Crippen molar-refractivity contribution in [3.63, 3.8) is 0 Å². The molecule has 0 unspecified atom stereocenters. The molecule has 1 aliphatic carbocycles. The van der Waals surface area contributed by atoms with Gasteiger partial charge in [0.05, 0.1) is 0 Å². The summed E-state index contributed by atoms with van der Waals surface area (Å²) in [5.74, 6) is 3.45. The van der Waals surface area contributed by atoms with Gasteiger partial charge < -0.3 is 19.9 Å². The van der Waals surface area contributed by atoms with Gasteiger partial charge in [-0.25, -0.2) is 0 Å².